The highest BCUT2D eigenvalue weighted by Gasteiger charge is 2.06. The molecule has 0 aliphatic heterocycles. The molecule has 0 saturated heterocycles. The fraction of sp³-hybridized carbons (Fsp3) is 1.00. The summed E-state index contributed by atoms with van der Waals surface area (Å²) >= 11 is 1.90. The zero-order chi connectivity index (χ0) is 11.0. The van der Waals surface area contributed by atoms with Gasteiger partial charge in [0.1, 0.15) is 0 Å². The quantitative estimate of drug-likeness (QED) is 0.629. The molecule has 1 unspecified atom stereocenters. The van der Waals surface area contributed by atoms with Crippen LogP contribution in [-0.4, -0.2) is 22.7 Å². The Morgan fingerprint density at radius 1 is 1.07 bits per heavy atom. The third-order valence-corrected chi connectivity index (χ3v) is 3.32. The average Bonchev–Trinajstić information content (AvgIpc) is 2.01. The summed E-state index contributed by atoms with van der Waals surface area (Å²) in [6.07, 6.45) is 3.44. The smallest absolute Gasteiger partial charge is 0.0633 e. The monoisotopic (exact) mass is 218 g/mol. The molecular weight excluding hydrogens is 192 g/mol. The van der Waals surface area contributed by atoms with Crippen molar-refractivity contribution in [1.82, 2.24) is 0 Å². The molecule has 1 atom stereocenters. The minimum absolute atomic E-state index is 0.0981. The molecule has 2 heteroatoms. The van der Waals surface area contributed by atoms with Gasteiger partial charge in [-0.3, -0.25) is 0 Å². The second kappa shape index (κ2) is 8.60. The highest BCUT2D eigenvalue weighted by molar-refractivity contribution is 7.99. The van der Waals surface area contributed by atoms with E-state index in [-0.39, 0.29) is 6.10 Å². The maximum atomic E-state index is 9.61. The lowest BCUT2D eigenvalue weighted by Gasteiger charge is -2.12. The van der Waals surface area contributed by atoms with Crippen LogP contribution in [0.2, 0.25) is 0 Å². The molecule has 0 saturated carbocycles. The Hall–Kier alpha value is 0.310. The van der Waals surface area contributed by atoms with Gasteiger partial charge in [-0.05, 0) is 30.4 Å². The van der Waals surface area contributed by atoms with Crippen LogP contribution in [-0.2, 0) is 0 Å². The van der Waals surface area contributed by atoms with Gasteiger partial charge in [-0.1, -0.05) is 34.1 Å². The normalized spacial score (nSPS) is 13.9. The zero-order valence-electron chi connectivity index (χ0n) is 10.1. The van der Waals surface area contributed by atoms with E-state index in [0.29, 0.717) is 5.92 Å². The second-order valence-corrected chi connectivity index (χ2v) is 6.04. The second-order valence-electron chi connectivity index (χ2n) is 4.89. The summed E-state index contributed by atoms with van der Waals surface area (Å²) in [7, 11) is 0. The van der Waals surface area contributed by atoms with E-state index in [1.54, 1.807) is 0 Å². The van der Waals surface area contributed by atoms with E-state index in [1.165, 1.54) is 18.6 Å². The van der Waals surface area contributed by atoms with Crippen molar-refractivity contribution in [3.05, 3.63) is 0 Å². The lowest BCUT2D eigenvalue weighted by Crippen LogP contribution is -2.13. The first kappa shape index (κ1) is 14.3. The first-order valence-corrected chi connectivity index (χ1v) is 6.93. The summed E-state index contributed by atoms with van der Waals surface area (Å²) in [6, 6.07) is 0. The maximum Gasteiger partial charge on any atom is 0.0633 e. The molecule has 86 valence electrons. The van der Waals surface area contributed by atoms with Crippen molar-refractivity contribution in [3.8, 4) is 0 Å². The number of thioether (sulfide) groups is 1. The molecule has 0 heterocycles. The van der Waals surface area contributed by atoms with Crippen LogP contribution in [0.1, 0.15) is 47.0 Å². The molecule has 0 aliphatic rings. The van der Waals surface area contributed by atoms with E-state index in [1.807, 2.05) is 11.8 Å². The van der Waals surface area contributed by atoms with Gasteiger partial charge in [0.25, 0.3) is 0 Å². The van der Waals surface area contributed by atoms with Gasteiger partial charge in [0.15, 0.2) is 0 Å². The van der Waals surface area contributed by atoms with Crippen molar-refractivity contribution >= 4 is 11.8 Å². The molecule has 14 heavy (non-hydrogen) atoms. The lowest BCUT2D eigenvalue weighted by molar-refractivity contribution is 0.172. The van der Waals surface area contributed by atoms with Gasteiger partial charge >= 0.3 is 0 Å². The van der Waals surface area contributed by atoms with Crippen LogP contribution in [0.4, 0.5) is 0 Å². The number of hydrogen-bond donors (Lipinski definition) is 1. The third kappa shape index (κ3) is 10.4. The first-order valence-electron chi connectivity index (χ1n) is 5.78. The molecular formula is C12H26OS. The Kier molecular flexibility index (Phi) is 8.80. The highest BCUT2D eigenvalue weighted by atomic mass is 32.2. The van der Waals surface area contributed by atoms with Crippen LogP contribution >= 0.6 is 11.8 Å². The zero-order valence-corrected chi connectivity index (χ0v) is 10.9. The van der Waals surface area contributed by atoms with Crippen LogP contribution in [0.5, 0.6) is 0 Å². The van der Waals surface area contributed by atoms with Crippen molar-refractivity contribution in [1.29, 1.82) is 0 Å². The van der Waals surface area contributed by atoms with E-state index in [9.17, 15) is 5.11 Å². The van der Waals surface area contributed by atoms with Gasteiger partial charge in [-0.25, -0.2) is 0 Å². The minimum Gasteiger partial charge on any atom is -0.392 e. The van der Waals surface area contributed by atoms with E-state index in [2.05, 4.69) is 27.7 Å². The van der Waals surface area contributed by atoms with Crippen LogP contribution in [0.3, 0.4) is 0 Å². The van der Waals surface area contributed by atoms with E-state index < -0.39 is 0 Å². The lowest BCUT2D eigenvalue weighted by atomic mass is 10.1. The minimum atomic E-state index is -0.0981. The van der Waals surface area contributed by atoms with Crippen molar-refractivity contribution in [2.45, 2.75) is 53.1 Å². The van der Waals surface area contributed by atoms with Crippen LogP contribution < -0.4 is 0 Å². The van der Waals surface area contributed by atoms with Gasteiger partial charge < -0.3 is 5.11 Å². The number of aliphatic hydroxyl groups is 1. The van der Waals surface area contributed by atoms with E-state index in [4.69, 9.17) is 0 Å². The molecule has 0 aromatic heterocycles. The Morgan fingerprint density at radius 3 is 2.21 bits per heavy atom. The Balaban J connectivity index is 3.19. The van der Waals surface area contributed by atoms with E-state index in [0.717, 1.165) is 18.1 Å². The molecule has 0 rings (SSSR count). The highest BCUT2D eigenvalue weighted by Crippen LogP contribution is 2.13. The van der Waals surface area contributed by atoms with Crippen LogP contribution in [0.25, 0.3) is 0 Å². The number of rotatable bonds is 8. The molecule has 0 amide bonds. The van der Waals surface area contributed by atoms with Crippen LogP contribution in [0, 0.1) is 11.8 Å². The molecule has 0 bridgehead atoms. The molecule has 0 fully saturated rings. The largest absolute Gasteiger partial charge is 0.392 e. The van der Waals surface area contributed by atoms with Crippen molar-refractivity contribution < 1.29 is 5.11 Å². The summed E-state index contributed by atoms with van der Waals surface area (Å²) in [5.41, 5.74) is 0. The molecule has 0 radical (unpaired) electrons. The molecule has 0 spiro atoms. The molecule has 1 N–H and O–H groups in total. The van der Waals surface area contributed by atoms with Gasteiger partial charge in [0.2, 0.25) is 0 Å². The SMILES string of the molecule is CC(C)CCCSCC(O)CC(C)C. The Labute approximate surface area is 93.7 Å². The molecule has 0 aliphatic carbocycles. The van der Waals surface area contributed by atoms with Crippen LogP contribution in [0.15, 0.2) is 0 Å². The fourth-order valence-electron chi connectivity index (χ4n) is 1.43. The van der Waals surface area contributed by atoms with E-state index >= 15 is 0 Å². The fourth-order valence-corrected chi connectivity index (χ4v) is 2.37. The average molecular weight is 218 g/mol. The van der Waals surface area contributed by atoms with Gasteiger partial charge in [-0.2, -0.15) is 11.8 Å². The van der Waals surface area contributed by atoms with Gasteiger partial charge in [0, 0.05) is 5.75 Å². The van der Waals surface area contributed by atoms with Crippen molar-refractivity contribution in [2.75, 3.05) is 11.5 Å². The molecule has 0 aromatic carbocycles. The van der Waals surface area contributed by atoms with Gasteiger partial charge in [-0.15, -0.1) is 0 Å². The predicted molar refractivity (Wildman–Crippen MR) is 66.9 cm³/mol. The topological polar surface area (TPSA) is 20.2 Å². The Bertz CT molecular complexity index is 123. The summed E-state index contributed by atoms with van der Waals surface area (Å²) in [5, 5.41) is 9.61. The van der Waals surface area contributed by atoms with Crippen molar-refractivity contribution in [3.63, 3.8) is 0 Å². The Morgan fingerprint density at radius 2 is 1.71 bits per heavy atom. The first-order chi connectivity index (χ1) is 6.52. The molecule has 1 nitrogen and oxygen atoms in total. The van der Waals surface area contributed by atoms with Gasteiger partial charge in [0.05, 0.1) is 6.10 Å². The molecule has 0 aromatic rings. The standard InChI is InChI=1S/C12H26OS/c1-10(2)6-5-7-14-9-12(13)8-11(3)4/h10-13H,5-9H2,1-4H3. The summed E-state index contributed by atoms with van der Waals surface area (Å²) < 4.78 is 0. The summed E-state index contributed by atoms with van der Waals surface area (Å²) in [6.45, 7) is 8.84. The third-order valence-electron chi connectivity index (χ3n) is 2.12. The predicted octanol–water partition coefficient (Wildman–Crippen LogP) is 3.56. The summed E-state index contributed by atoms with van der Waals surface area (Å²) in [5.74, 6) is 3.54. The maximum absolute atomic E-state index is 9.61. The number of hydrogen-bond acceptors (Lipinski definition) is 2. The summed E-state index contributed by atoms with van der Waals surface area (Å²) in [4.78, 5) is 0. The van der Waals surface area contributed by atoms with Crippen molar-refractivity contribution in [2.24, 2.45) is 11.8 Å². The number of aliphatic hydroxyl groups excluding tert-OH is 1.